The zero-order chi connectivity index (χ0) is 12.0. The van der Waals surface area contributed by atoms with Gasteiger partial charge in [0.2, 0.25) is 6.29 Å². The number of hydrogen-bond donors (Lipinski definition) is 1. The van der Waals surface area contributed by atoms with Gasteiger partial charge in [-0.2, -0.15) is 0 Å². The summed E-state index contributed by atoms with van der Waals surface area (Å²) in [5.41, 5.74) is 0. The first-order valence-electron chi connectivity index (χ1n) is 3.92. The van der Waals surface area contributed by atoms with Gasteiger partial charge in [-0.3, -0.25) is 14.4 Å². The van der Waals surface area contributed by atoms with E-state index in [2.05, 4.69) is 21.7 Å². The fourth-order valence-corrected chi connectivity index (χ4v) is 0.815. The molecule has 0 amide bonds. The zero-order valence-corrected chi connectivity index (χ0v) is 9.00. The highest BCUT2D eigenvalue weighted by molar-refractivity contribution is 7.80. The molecule has 0 bridgehead atoms. The molecule has 7 heteroatoms. The average Bonchev–Trinajstić information content (AvgIpc) is 2.00. The fourth-order valence-electron chi connectivity index (χ4n) is 0.649. The Hall–Kier alpha value is -1.34. The number of rotatable bonds is 4. The monoisotopic (exact) mass is 234 g/mol. The Kier molecular flexibility index (Phi) is 5.65. The number of carbonyl (C=O) groups is 3. The summed E-state index contributed by atoms with van der Waals surface area (Å²) in [5, 5.41) is 9.09. The minimum absolute atomic E-state index is 0.226. The number of ether oxygens (including phenoxy) is 2. The van der Waals surface area contributed by atoms with Gasteiger partial charge in [0, 0.05) is 13.8 Å². The largest absolute Gasteiger partial charge is 0.431 e. The van der Waals surface area contributed by atoms with Crippen molar-refractivity contribution in [2.75, 3.05) is 0 Å². The van der Waals surface area contributed by atoms with Crippen molar-refractivity contribution in [1.29, 1.82) is 0 Å². The summed E-state index contributed by atoms with van der Waals surface area (Å²) in [6, 6.07) is 0. The van der Waals surface area contributed by atoms with Gasteiger partial charge in [-0.25, -0.2) is 0 Å². The number of esters is 3. The molecule has 1 N–H and O–H groups in total. The van der Waals surface area contributed by atoms with Crippen molar-refractivity contribution in [2.24, 2.45) is 0 Å². The Balaban J connectivity index is 4.07. The van der Waals surface area contributed by atoms with Crippen LogP contribution in [-0.2, 0) is 23.9 Å². The van der Waals surface area contributed by atoms with Crippen LogP contribution in [0.5, 0.6) is 0 Å². The molecular formula is C8H10O6S. The summed E-state index contributed by atoms with van der Waals surface area (Å²) in [4.78, 5) is 31.4. The van der Waals surface area contributed by atoms with Gasteiger partial charge in [-0.1, -0.05) is 12.2 Å². The van der Waals surface area contributed by atoms with Gasteiger partial charge < -0.3 is 14.6 Å². The van der Waals surface area contributed by atoms with Crippen molar-refractivity contribution < 1.29 is 29.0 Å². The highest BCUT2D eigenvalue weighted by Crippen LogP contribution is 2.00. The normalized spacial score (nSPS) is 11.4. The van der Waals surface area contributed by atoms with E-state index in [1.165, 1.54) is 0 Å². The second-order valence-electron chi connectivity index (χ2n) is 2.57. The number of aliphatic hydroxyl groups is 1. The molecule has 0 saturated carbocycles. The molecule has 0 spiro atoms. The second kappa shape index (κ2) is 6.20. The molecule has 0 rings (SSSR count). The van der Waals surface area contributed by atoms with Crippen molar-refractivity contribution in [2.45, 2.75) is 26.6 Å². The predicted octanol–water partition coefficient (Wildman–Crippen LogP) is -0.282. The lowest BCUT2D eigenvalue weighted by Crippen LogP contribution is -2.27. The molecule has 0 aliphatic carbocycles. The molecule has 0 heterocycles. The summed E-state index contributed by atoms with van der Waals surface area (Å²) < 4.78 is 8.46. The Labute approximate surface area is 91.2 Å². The molecule has 1 atom stereocenters. The predicted molar refractivity (Wildman–Crippen MR) is 51.8 cm³/mol. The lowest BCUT2D eigenvalue weighted by atomic mass is 10.3. The van der Waals surface area contributed by atoms with Gasteiger partial charge in [0.15, 0.2) is 0 Å². The van der Waals surface area contributed by atoms with Gasteiger partial charge in [0.05, 0.1) is 11.3 Å². The summed E-state index contributed by atoms with van der Waals surface area (Å²) in [6.07, 6.45) is -2.11. The Bertz CT molecular complexity index is 298. The van der Waals surface area contributed by atoms with Crippen LogP contribution in [0.25, 0.3) is 0 Å². The van der Waals surface area contributed by atoms with E-state index < -0.39 is 30.6 Å². The van der Waals surface area contributed by atoms with Crippen LogP contribution in [0.15, 0.2) is 0 Å². The maximum absolute atomic E-state index is 10.9. The summed E-state index contributed by atoms with van der Waals surface area (Å²) >= 11 is 4.58. The van der Waals surface area contributed by atoms with E-state index in [0.717, 1.165) is 13.8 Å². The molecule has 0 saturated heterocycles. The van der Waals surface area contributed by atoms with Crippen LogP contribution in [0.4, 0.5) is 0 Å². The van der Waals surface area contributed by atoms with Crippen molar-refractivity contribution in [3.8, 4) is 0 Å². The third-order valence-electron chi connectivity index (χ3n) is 1.13. The Morgan fingerprint density at radius 1 is 1.27 bits per heavy atom. The van der Waals surface area contributed by atoms with Crippen molar-refractivity contribution in [3.05, 3.63) is 0 Å². The highest BCUT2D eigenvalue weighted by Gasteiger charge is 2.18. The van der Waals surface area contributed by atoms with Crippen molar-refractivity contribution >= 4 is 35.0 Å². The fraction of sp³-hybridized carbons (Fsp3) is 0.500. The molecule has 84 valence electrons. The average molecular weight is 234 g/mol. The summed E-state index contributed by atoms with van der Waals surface area (Å²) in [7, 11) is 0. The molecule has 0 aromatic carbocycles. The third-order valence-corrected chi connectivity index (χ3v) is 1.48. The van der Waals surface area contributed by atoms with Crippen LogP contribution in [0.3, 0.4) is 0 Å². The lowest BCUT2D eigenvalue weighted by Gasteiger charge is -2.10. The maximum atomic E-state index is 10.9. The number of carbonyl (C=O) groups excluding carboxylic acids is 3. The lowest BCUT2D eigenvalue weighted by molar-refractivity contribution is -0.160. The summed E-state index contributed by atoms with van der Waals surface area (Å²) in [5.74, 6) is -2.41. The van der Waals surface area contributed by atoms with Crippen LogP contribution in [0.1, 0.15) is 20.3 Å². The van der Waals surface area contributed by atoms with Crippen LogP contribution >= 0.6 is 12.2 Å². The van der Waals surface area contributed by atoms with E-state index in [1.807, 2.05) is 0 Å². The van der Waals surface area contributed by atoms with Gasteiger partial charge in [-0.05, 0) is 0 Å². The third kappa shape index (κ3) is 6.69. The number of thiocarbonyl (C=S) groups is 1. The Morgan fingerprint density at radius 2 is 1.80 bits per heavy atom. The molecule has 0 aliphatic rings. The highest BCUT2D eigenvalue weighted by atomic mass is 32.1. The molecule has 0 radical (unpaired) electrons. The van der Waals surface area contributed by atoms with E-state index >= 15 is 0 Å². The van der Waals surface area contributed by atoms with Crippen LogP contribution < -0.4 is 0 Å². The topological polar surface area (TPSA) is 89.9 Å². The Morgan fingerprint density at radius 3 is 2.20 bits per heavy atom. The van der Waals surface area contributed by atoms with E-state index in [1.54, 1.807) is 0 Å². The first-order chi connectivity index (χ1) is 6.82. The number of aliphatic hydroxyl groups excluding tert-OH is 1. The van der Waals surface area contributed by atoms with E-state index in [-0.39, 0.29) is 4.86 Å². The SMILES string of the molecule is CC(=O)OC(=O)CC(=S)C(O)OC(C)=O. The van der Waals surface area contributed by atoms with E-state index in [9.17, 15) is 14.4 Å². The molecule has 0 aromatic heterocycles. The molecule has 0 aliphatic heterocycles. The van der Waals surface area contributed by atoms with Crippen molar-refractivity contribution in [1.82, 2.24) is 0 Å². The second-order valence-corrected chi connectivity index (χ2v) is 3.09. The maximum Gasteiger partial charge on any atom is 0.318 e. The van der Waals surface area contributed by atoms with E-state index in [4.69, 9.17) is 5.11 Å². The van der Waals surface area contributed by atoms with Gasteiger partial charge in [0.25, 0.3) is 0 Å². The van der Waals surface area contributed by atoms with Gasteiger partial charge in [0.1, 0.15) is 0 Å². The van der Waals surface area contributed by atoms with Gasteiger partial charge in [-0.15, -0.1) is 0 Å². The molecule has 0 aromatic rings. The van der Waals surface area contributed by atoms with Crippen LogP contribution in [-0.4, -0.2) is 34.2 Å². The smallest absolute Gasteiger partial charge is 0.318 e. The molecule has 1 unspecified atom stereocenters. The van der Waals surface area contributed by atoms with Crippen LogP contribution in [0, 0.1) is 0 Å². The molecular weight excluding hydrogens is 224 g/mol. The summed E-state index contributed by atoms with van der Waals surface area (Å²) in [6.45, 7) is 2.14. The van der Waals surface area contributed by atoms with Gasteiger partial charge >= 0.3 is 17.9 Å². The zero-order valence-electron chi connectivity index (χ0n) is 8.18. The van der Waals surface area contributed by atoms with E-state index in [0.29, 0.717) is 0 Å². The first kappa shape index (κ1) is 13.7. The van der Waals surface area contributed by atoms with Crippen LogP contribution in [0.2, 0.25) is 0 Å². The minimum atomic E-state index is -1.64. The minimum Gasteiger partial charge on any atom is -0.431 e. The molecule has 15 heavy (non-hydrogen) atoms. The molecule has 6 nitrogen and oxygen atoms in total. The molecule has 0 fully saturated rings. The quantitative estimate of drug-likeness (QED) is 0.309. The first-order valence-corrected chi connectivity index (χ1v) is 4.33. The standard InChI is InChI=1S/C8H10O6S/c1-4(9)13-7(11)3-6(15)8(12)14-5(2)10/h8,12H,3H2,1-2H3. The number of hydrogen-bond acceptors (Lipinski definition) is 7. The van der Waals surface area contributed by atoms with Crippen molar-refractivity contribution in [3.63, 3.8) is 0 Å².